The van der Waals surface area contributed by atoms with Gasteiger partial charge in [0.1, 0.15) is 12.1 Å². The zero-order valence-electron chi connectivity index (χ0n) is 16.3. The molecule has 1 aliphatic heterocycles. The Hall–Kier alpha value is -3.13. The molecule has 0 saturated carbocycles. The van der Waals surface area contributed by atoms with Crippen molar-refractivity contribution in [1.82, 2.24) is 19.5 Å². The van der Waals surface area contributed by atoms with E-state index in [0.29, 0.717) is 36.8 Å². The molecule has 1 unspecified atom stereocenters. The number of carbonyl (C=O) groups excluding carboxylic acids is 1. The number of anilines is 1. The molecule has 1 fully saturated rings. The molecule has 1 aromatic carbocycles. The molecule has 154 valence electrons. The van der Waals surface area contributed by atoms with E-state index in [4.69, 9.17) is 11.6 Å². The number of halogens is 2. The summed E-state index contributed by atoms with van der Waals surface area (Å²) in [5.74, 6) is -0.597. The van der Waals surface area contributed by atoms with Crippen molar-refractivity contribution in [2.45, 2.75) is 12.8 Å². The Morgan fingerprint density at radius 3 is 2.80 bits per heavy atom. The van der Waals surface area contributed by atoms with Crippen LogP contribution in [0.25, 0.3) is 11.4 Å². The fourth-order valence-electron chi connectivity index (χ4n) is 3.69. The lowest BCUT2D eigenvalue weighted by Crippen LogP contribution is -2.42. The van der Waals surface area contributed by atoms with E-state index in [-0.39, 0.29) is 27.8 Å². The molecule has 1 atom stereocenters. The van der Waals surface area contributed by atoms with Gasteiger partial charge in [-0.25, -0.2) is 19.3 Å². The summed E-state index contributed by atoms with van der Waals surface area (Å²) in [6.07, 6.45) is 4.39. The van der Waals surface area contributed by atoms with Gasteiger partial charge in [0.15, 0.2) is 5.78 Å². The molecule has 1 saturated heterocycles. The molecule has 0 radical (unpaired) electrons. The number of piperidine rings is 1. The van der Waals surface area contributed by atoms with Crippen LogP contribution in [0.3, 0.4) is 0 Å². The third kappa shape index (κ3) is 4.09. The van der Waals surface area contributed by atoms with Crippen molar-refractivity contribution in [3.05, 3.63) is 69.6 Å². The van der Waals surface area contributed by atoms with E-state index in [9.17, 15) is 14.0 Å². The van der Waals surface area contributed by atoms with Crippen LogP contribution >= 0.6 is 11.6 Å². The Balaban J connectivity index is 1.64. The zero-order chi connectivity index (χ0) is 21.3. The third-order valence-electron chi connectivity index (χ3n) is 5.18. The van der Waals surface area contributed by atoms with Crippen molar-refractivity contribution in [3.63, 3.8) is 0 Å². The van der Waals surface area contributed by atoms with Gasteiger partial charge in [0.05, 0.1) is 11.4 Å². The molecule has 3 aromatic rings. The van der Waals surface area contributed by atoms with Gasteiger partial charge in [-0.1, -0.05) is 11.6 Å². The summed E-state index contributed by atoms with van der Waals surface area (Å²) in [7, 11) is 1.65. The summed E-state index contributed by atoms with van der Waals surface area (Å²) in [4.78, 5) is 40.1. The van der Waals surface area contributed by atoms with Crippen LogP contribution in [0.2, 0.25) is 5.02 Å². The average molecular weight is 428 g/mol. The topological polar surface area (TPSA) is 81.0 Å². The molecule has 3 heterocycles. The van der Waals surface area contributed by atoms with Crippen LogP contribution < -0.4 is 10.5 Å². The van der Waals surface area contributed by atoms with Gasteiger partial charge in [0, 0.05) is 48.9 Å². The summed E-state index contributed by atoms with van der Waals surface area (Å²) in [6.45, 7) is 1.03. The number of hydrogen-bond donors (Lipinski definition) is 0. The number of ketones is 1. The predicted molar refractivity (Wildman–Crippen MR) is 111 cm³/mol. The summed E-state index contributed by atoms with van der Waals surface area (Å²) in [5, 5.41) is 0.188. The Morgan fingerprint density at radius 2 is 2.07 bits per heavy atom. The average Bonchev–Trinajstić information content (AvgIpc) is 2.75. The van der Waals surface area contributed by atoms with Crippen LogP contribution in [-0.4, -0.2) is 38.4 Å². The maximum absolute atomic E-state index is 13.7. The minimum absolute atomic E-state index is 0.168. The Morgan fingerprint density at radius 1 is 1.23 bits per heavy atom. The van der Waals surface area contributed by atoms with Crippen LogP contribution in [0, 0.1) is 11.7 Å². The number of Topliss-reactive ketones (excluding diaryl/α,β-unsaturated/α-hetero) is 1. The number of hydrogen-bond acceptors (Lipinski definition) is 6. The van der Waals surface area contributed by atoms with Gasteiger partial charge >= 0.3 is 0 Å². The van der Waals surface area contributed by atoms with E-state index in [1.165, 1.54) is 35.2 Å². The number of benzene rings is 1. The van der Waals surface area contributed by atoms with Gasteiger partial charge in [-0.15, -0.1) is 0 Å². The Bertz CT molecular complexity index is 1130. The fourth-order valence-corrected chi connectivity index (χ4v) is 3.91. The van der Waals surface area contributed by atoms with Crippen LogP contribution in [0.5, 0.6) is 0 Å². The molecule has 0 aliphatic carbocycles. The van der Waals surface area contributed by atoms with Crippen LogP contribution in [0.1, 0.15) is 23.2 Å². The van der Waals surface area contributed by atoms with Crippen LogP contribution in [0.15, 0.2) is 47.7 Å². The lowest BCUT2D eigenvalue weighted by molar-refractivity contribution is 0.0906. The largest absolute Gasteiger partial charge is 0.341 e. The highest BCUT2D eigenvalue weighted by Crippen LogP contribution is 2.26. The van der Waals surface area contributed by atoms with Gasteiger partial charge < -0.3 is 4.90 Å². The normalized spacial score (nSPS) is 16.5. The Kier molecular flexibility index (Phi) is 5.59. The zero-order valence-corrected chi connectivity index (χ0v) is 17.0. The number of carbonyl (C=O) groups is 1. The second-order valence-corrected chi connectivity index (χ2v) is 7.68. The van der Waals surface area contributed by atoms with E-state index >= 15 is 0 Å². The minimum atomic E-state index is -0.542. The predicted octanol–water partition coefficient (Wildman–Crippen LogP) is 3.13. The number of nitrogens with zero attached hydrogens (tertiary/aromatic N) is 5. The van der Waals surface area contributed by atoms with Crippen molar-refractivity contribution >= 4 is 23.3 Å². The maximum atomic E-state index is 13.7. The van der Waals surface area contributed by atoms with Crippen molar-refractivity contribution in [3.8, 4) is 11.4 Å². The molecule has 7 nitrogen and oxygen atoms in total. The molecule has 0 N–H and O–H groups in total. The van der Waals surface area contributed by atoms with Crippen molar-refractivity contribution < 1.29 is 9.18 Å². The summed E-state index contributed by atoms with van der Waals surface area (Å²) < 4.78 is 15.1. The molecule has 4 rings (SSSR count). The van der Waals surface area contributed by atoms with Gasteiger partial charge in [0.25, 0.3) is 5.56 Å². The first-order valence-corrected chi connectivity index (χ1v) is 9.90. The number of aromatic nitrogens is 4. The Labute approximate surface area is 177 Å². The maximum Gasteiger partial charge on any atom is 0.255 e. The molecule has 9 heteroatoms. The van der Waals surface area contributed by atoms with Gasteiger partial charge in [-0.05, 0) is 37.1 Å². The molecular weight excluding hydrogens is 409 g/mol. The second kappa shape index (κ2) is 8.31. The monoisotopic (exact) mass is 427 g/mol. The SMILES string of the molecule is Cn1c(N2CCCC(C(=O)c3cc(F)cc(Cl)c3)C2)nc(-c2ccncn2)cc1=O. The quantitative estimate of drug-likeness (QED) is 0.595. The van der Waals surface area contributed by atoms with Crippen molar-refractivity contribution in [2.24, 2.45) is 13.0 Å². The fraction of sp³-hybridized carbons (Fsp3) is 0.286. The van der Waals surface area contributed by atoms with E-state index in [2.05, 4.69) is 15.0 Å². The van der Waals surface area contributed by atoms with E-state index in [0.717, 1.165) is 6.42 Å². The van der Waals surface area contributed by atoms with Gasteiger partial charge in [-0.2, -0.15) is 0 Å². The van der Waals surface area contributed by atoms with Crippen LogP contribution in [-0.2, 0) is 7.05 Å². The smallest absolute Gasteiger partial charge is 0.255 e. The molecule has 0 spiro atoms. The first-order valence-electron chi connectivity index (χ1n) is 9.52. The summed E-state index contributed by atoms with van der Waals surface area (Å²) in [6, 6.07) is 6.96. The molecule has 30 heavy (non-hydrogen) atoms. The first-order chi connectivity index (χ1) is 14.4. The highest BCUT2D eigenvalue weighted by atomic mass is 35.5. The molecule has 0 amide bonds. The minimum Gasteiger partial charge on any atom is -0.341 e. The molecular formula is C21H19ClFN5O2. The highest BCUT2D eigenvalue weighted by molar-refractivity contribution is 6.31. The summed E-state index contributed by atoms with van der Waals surface area (Å²) in [5.41, 5.74) is 1.02. The molecule has 1 aliphatic rings. The standard InChI is InChI=1S/C21H19ClFN5O2/c1-27-19(29)10-18(17-4-5-24-12-25-17)26-21(27)28-6-2-3-13(11-28)20(30)14-7-15(22)9-16(23)8-14/h4-5,7-10,12-13H,2-3,6,11H2,1H3. The molecule has 0 bridgehead atoms. The van der Waals surface area contributed by atoms with Gasteiger partial charge in [-0.3, -0.25) is 14.2 Å². The van der Waals surface area contributed by atoms with Gasteiger partial charge in [0.2, 0.25) is 5.95 Å². The summed E-state index contributed by atoms with van der Waals surface area (Å²) >= 11 is 5.91. The lowest BCUT2D eigenvalue weighted by atomic mass is 9.90. The van der Waals surface area contributed by atoms with Crippen molar-refractivity contribution in [2.75, 3.05) is 18.0 Å². The third-order valence-corrected chi connectivity index (χ3v) is 5.40. The first kappa shape index (κ1) is 20.2. The molecule has 2 aromatic heterocycles. The van der Waals surface area contributed by atoms with E-state index in [1.54, 1.807) is 19.3 Å². The van der Waals surface area contributed by atoms with Crippen LogP contribution in [0.4, 0.5) is 10.3 Å². The van der Waals surface area contributed by atoms with E-state index < -0.39 is 5.82 Å². The number of rotatable bonds is 4. The lowest BCUT2D eigenvalue weighted by Gasteiger charge is -2.33. The second-order valence-electron chi connectivity index (χ2n) is 7.24. The highest BCUT2D eigenvalue weighted by Gasteiger charge is 2.29. The van der Waals surface area contributed by atoms with E-state index in [1.807, 2.05) is 4.90 Å². The van der Waals surface area contributed by atoms with Crippen molar-refractivity contribution in [1.29, 1.82) is 0 Å².